The van der Waals surface area contributed by atoms with Crippen molar-refractivity contribution in [2.75, 3.05) is 0 Å². The largest absolute Gasteiger partial charge is 0.481 e. The first-order valence-electron chi connectivity index (χ1n) is 6.49. The summed E-state index contributed by atoms with van der Waals surface area (Å²) in [7, 11) is 0. The summed E-state index contributed by atoms with van der Waals surface area (Å²) in [6, 6.07) is 5.39. The van der Waals surface area contributed by atoms with Gasteiger partial charge in [-0.25, -0.2) is 9.59 Å². The first-order valence-corrected chi connectivity index (χ1v) is 6.49. The third-order valence-electron chi connectivity index (χ3n) is 2.92. The van der Waals surface area contributed by atoms with Crippen LogP contribution < -0.4 is 10.6 Å². The molecule has 0 aliphatic carbocycles. The lowest BCUT2D eigenvalue weighted by Gasteiger charge is -2.14. The predicted octanol–water partition coefficient (Wildman–Crippen LogP) is 0.976. The topological polar surface area (TPSA) is 116 Å². The molecule has 0 saturated carbocycles. The maximum absolute atomic E-state index is 11.6. The number of aliphatic carboxylic acids is 2. The Kier molecular flexibility index (Phi) is 6.19. The second-order valence-electron chi connectivity index (χ2n) is 4.44. The molecule has 0 spiro atoms. The summed E-state index contributed by atoms with van der Waals surface area (Å²) in [5.41, 5.74) is 2.01. The SMILES string of the molecule is CCc1ccccc1CNC(=O)N[C@@H](CC(=O)O)C(=O)O. The van der Waals surface area contributed by atoms with Gasteiger partial charge in [0.1, 0.15) is 6.04 Å². The van der Waals surface area contributed by atoms with Crippen LogP contribution in [0.5, 0.6) is 0 Å². The van der Waals surface area contributed by atoms with E-state index in [1.165, 1.54) is 0 Å². The number of carboxylic acid groups (broad SMARTS) is 2. The molecule has 7 heteroatoms. The van der Waals surface area contributed by atoms with Gasteiger partial charge in [0.15, 0.2) is 0 Å². The zero-order chi connectivity index (χ0) is 15.8. The van der Waals surface area contributed by atoms with Crippen molar-refractivity contribution in [2.24, 2.45) is 0 Å². The second kappa shape index (κ2) is 7.88. The number of nitrogens with one attached hydrogen (secondary N) is 2. The number of amides is 2. The molecule has 0 radical (unpaired) electrons. The lowest BCUT2D eigenvalue weighted by atomic mass is 10.1. The van der Waals surface area contributed by atoms with Gasteiger partial charge in [-0.15, -0.1) is 0 Å². The molecule has 1 atom stereocenters. The van der Waals surface area contributed by atoms with E-state index in [1.54, 1.807) is 0 Å². The molecular weight excluding hydrogens is 276 g/mol. The standard InChI is InChI=1S/C14H18N2O5/c1-2-9-5-3-4-6-10(9)8-15-14(21)16-11(13(19)20)7-12(17)18/h3-6,11H,2,7-8H2,1H3,(H,17,18)(H,19,20)(H2,15,16,21)/t11-/m0/s1. The third kappa shape index (κ3) is 5.52. The molecule has 1 rings (SSSR count). The number of carbonyl (C=O) groups excluding carboxylic acids is 1. The molecule has 0 aliphatic rings. The van der Waals surface area contributed by atoms with Crippen LogP contribution in [0.15, 0.2) is 24.3 Å². The summed E-state index contributed by atoms with van der Waals surface area (Å²) >= 11 is 0. The number of aryl methyl sites for hydroxylation is 1. The Labute approximate surface area is 122 Å². The summed E-state index contributed by atoms with van der Waals surface area (Å²) in [5.74, 6) is -2.68. The monoisotopic (exact) mass is 294 g/mol. The van der Waals surface area contributed by atoms with E-state index < -0.39 is 30.4 Å². The molecule has 0 aliphatic heterocycles. The highest BCUT2D eigenvalue weighted by Gasteiger charge is 2.22. The minimum Gasteiger partial charge on any atom is -0.481 e. The summed E-state index contributed by atoms with van der Waals surface area (Å²) in [5, 5.41) is 22.1. The van der Waals surface area contributed by atoms with Crippen LogP contribution in [0, 0.1) is 0 Å². The molecule has 0 aromatic heterocycles. The first kappa shape index (κ1) is 16.5. The van der Waals surface area contributed by atoms with Gasteiger partial charge in [-0.05, 0) is 17.5 Å². The quantitative estimate of drug-likeness (QED) is 0.598. The van der Waals surface area contributed by atoms with Crippen LogP contribution in [0.3, 0.4) is 0 Å². The second-order valence-corrected chi connectivity index (χ2v) is 4.44. The number of urea groups is 1. The van der Waals surface area contributed by atoms with Crippen LogP contribution >= 0.6 is 0 Å². The Balaban J connectivity index is 2.56. The van der Waals surface area contributed by atoms with Crippen molar-refractivity contribution >= 4 is 18.0 Å². The van der Waals surface area contributed by atoms with E-state index >= 15 is 0 Å². The van der Waals surface area contributed by atoms with Gasteiger partial charge >= 0.3 is 18.0 Å². The Morgan fingerprint density at radius 2 is 1.76 bits per heavy atom. The zero-order valence-electron chi connectivity index (χ0n) is 11.6. The van der Waals surface area contributed by atoms with Crippen molar-refractivity contribution in [3.63, 3.8) is 0 Å². The molecule has 21 heavy (non-hydrogen) atoms. The summed E-state index contributed by atoms with van der Waals surface area (Å²) in [6.45, 7) is 2.24. The molecule has 4 N–H and O–H groups in total. The summed E-state index contributed by atoms with van der Waals surface area (Å²) in [4.78, 5) is 33.0. The van der Waals surface area contributed by atoms with Crippen LogP contribution in [0.4, 0.5) is 4.79 Å². The fourth-order valence-corrected chi connectivity index (χ4v) is 1.83. The van der Waals surface area contributed by atoms with E-state index in [2.05, 4.69) is 10.6 Å². The smallest absolute Gasteiger partial charge is 0.326 e. The van der Waals surface area contributed by atoms with Crippen molar-refractivity contribution in [2.45, 2.75) is 32.4 Å². The number of carbonyl (C=O) groups is 3. The average molecular weight is 294 g/mol. The number of carboxylic acids is 2. The van der Waals surface area contributed by atoms with E-state index in [-0.39, 0.29) is 6.54 Å². The summed E-state index contributed by atoms with van der Waals surface area (Å²) < 4.78 is 0. The Morgan fingerprint density at radius 1 is 1.14 bits per heavy atom. The van der Waals surface area contributed by atoms with Gasteiger partial charge in [-0.1, -0.05) is 31.2 Å². The predicted molar refractivity (Wildman–Crippen MR) is 74.9 cm³/mol. The van der Waals surface area contributed by atoms with Gasteiger partial charge < -0.3 is 20.8 Å². The molecule has 7 nitrogen and oxygen atoms in total. The Bertz CT molecular complexity index is 530. The zero-order valence-corrected chi connectivity index (χ0v) is 11.6. The Morgan fingerprint density at radius 3 is 2.29 bits per heavy atom. The average Bonchev–Trinajstić information content (AvgIpc) is 2.44. The third-order valence-corrected chi connectivity index (χ3v) is 2.92. The molecule has 0 bridgehead atoms. The fourth-order valence-electron chi connectivity index (χ4n) is 1.83. The van der Waals surface area contributed by atoms with E-state index in [9.17, 15) is 14.4 Å². The minimum atomic E-state index is -1.45. The minimum absolute atomic E-state index is 0.245. The fraction of sp³-hybridized carbons (Fsp3) is 0.357. The van der Waals surface area contributed by atoms with E-state index in [1.807, 2.05) is 31.2 Å². The van der Waals surface area contributed by atoms with Crippen molar-refractivity contribution < 1.29 is 24.6 Å². The number of rotatable bonds is 7. The molecule has 0 heterocycles. The molecular formula is C14H18N2O5. The van der Waals surface area contributed by atoms with Crippen LogP contribution in [0.2, 0.25) is 0 Å². The first-order chi connectivity index (χ1) is 9.93. The van der Waals surface area contributed by atoms with Crippen LogP contribution in [-0.2, 0) is 22.6 Å². The van der Waals surface area contributed by atoms with Crippen molar-refractivity contribution in [3.05, 3.63) is 35.4 Å². The van der Waals surface area contributed by atoms with Crippen molar-refractivity contribution in [1.29, 1.82) is 0 Å². The maximum Gasteiger partial charge on any atom is 0.326 e. The van der Waals surface area contributed by atoms with Crippen molar-refractivity contribution in [1.82, 2.24) is 10.6 Å². The van der Waals surface area contributed by atoms with Gasteiger partial charge in [0, 0.05) is 6.54 Å². The lowest BCUT2D eigenvalue weighted by Crippen LogP contribution is -2.46. The van der Waals surface area contributed by atoms with Crippen LogP contribution in [-0.4, -0.2) is 34.2 Å². The van der Waals surface area contributed by atoms with Crippen LogP contribution in [0.25, 0.3) is 0 Å². The highest BCUT2D eigenvalue weighted by molar-refractivity contribution is 5.86. The normalized spacial score (nSPS) is 11.5. The van der Waals surface area contributed by atoms with Gasteiger partial charge in [-0.3, -0.25) is 4.79 Å². The molecule has 114 valence electrons. The highest BCUT2D eigenvalue weighted by Crippen LogP contribution is 2.08. The van der Waals surface area contributed by atoms with Crippen LogP contribution in [0.1, 0.15) is 24.5 Å². The van der Waals surface area contributed by atoms with Gasteiger partial charge in [-0.2, -0.15) is 0 Å². The maximum atomic E-state index is 11.6. The van der Waals surface area contributed by atoms with Gasteiger partial charge in [0.25, 0.3) is 0 Å². The molecule has 1 aromatic carbocycles. The van der Waals surface area contributed by atoms with E-state index in [0.29, 0.717) is 0 Å². The molecule has 2 amide bonds. The highest BCUT2D eigenvalue weighted by atomic mass is 16.4. The van der Waals surface area contributed by atoms with E-state index in [0.717, 1.165) is 17.5 Å². The summed E-state index contributed by atoms with van der Waals surface area (Å²) in [6.07, 6.45) is 0.143. The number of hydrogen-bond donors (Lipinski definition) is 4. The molecule has 0 saturated heterocycles. The molecule has 1 aromatic rings. The van der Waals surface area contributed by atoms with Gasteiger partial charge in [0.05, 0.1) is 6.42 Å². The number of benzene rings is 1. The number of hydrogen-bond acceptors (Lipinski definition) is 3. The Hall–Kier alpha value is -2.57. The van der Waals surface area contributed by atoms with Gasteiger partial charge in [0.2, 0.25) is 0 Å². The molecule has 0 unspecified atom stereocenters. The van der Waals surface area contributed by atoms with Crippen molar-refractivity contribution in [3.8, 4) is 0 Å². The van der Waals surface area contributed by atoms with E-state index in [4.69, 9.17) is 10.2 Å². The molecule has 0 fully saturated rings. The lowest BCUT2D eigenvalue weighted by molar-refractivity contribution is -0.145.